The minimum Gasteiger partial charge on any atom is -0.373 e. The van der Waals surface area contributed by atoms with E-state index in [0.717, 1.165) is 0 Å². The fraction of sp³-hybridized carbons (Fsp3) is 0.263. The Hall–Kier alpha value is -2.31. The van der Waals surface area contributed by atoms with E-state index >= 15 is 0 Å². The van der Waals surface area contributed by atoms with Crippen molar-refractivity contribution in [1.29, 1.82) is 0 Å². The maximum Gasteiger partial charge on any atom is 0.233 e. The first-order valence-corrected chi connectivity index (χ1v) is 8.57. The Balaban J connectivity index is 1.63. The highest BCUT2D eigenvalue weighted by Crippen LogP contribution is 2.42. The van der Waals surface area contributed by atoms with Crippen LogP contribution >= 0.6 is 11.6 Å². The summed E-state index contributed by atoms with van der Waals surface area (Å²) in [4.78, 5) is 4.40. The Kier molecular flexibility index (Phi) is 4.46. The van der Waals surface area contributed by atoms with Gasteiger partial charge in [0.15, 0.2) is 0 Å². The molecule has 1 saturated heterocycles. The van der Waals surface area contributed by atoms with Gasteiger partial charge in [0.2, 0.25) is 11.7 Å². The summed E-state index contributed by atoms with van der Waals surface area (Å²) in [7, 11) is 0. The fourth-order valence-electron chi connectivity index (χ4n) is 3.10. The summed E-state index contributed by atoms with van der Waals surface area (Å²) in [5.74, 6) is -0.329. The average Bonchev–Trinajstić information content (AvgIpc) is 3.28. The van der Waals surface area contributed by atoms with Gasteiger partial charge in [-0.15, -0.1) is 0 Å². The molecule has 0 N–H and O–H groups in total. The zero-order valence-corrected chi connectivity index (χ0v) is 14.6. The maximum absolute atomic E-state index is 13.8. The molecule has 0 bridgehead atoms. The van der Waals surface area contributed by atoms with E-state index in [9.17, 15) is 8.78 Å². The highest BCUT2D eigenvalue weighted by Gasteiger charge is 2.35. The summed E-state index contributed by atoms with van der Waals surface area (Å²) in [6.45, 7) is 2.18. The van der Waals surface area contributed by atoms with Gasteiger partial charge < -0.3 is 9.26 Å². The summed E-state index contributed by atoms with van der Waals surface area (Å²) >= 11 is 5.75. The first-order chi connectivity index (χ1) is 12.5. The number of rotatable bonds is 3. The van der Waals surface area contributed by atoms with Crippen LogP contribution in [0.5, 0.6) is 0 Å². The molecule has 0 saturated carbocycles. The van der Waals surface area contributed by atoms with Gasteiger partial charge in [0, 0.05) is 12.2 Å². The molecule has 2 atom stereocenters. The lowest BCUT2D eigenvalue weighted by atomic mass is 9.95. The van der Waals surface area contributed by atoms with E-state index in [1.54, 1.807) is 25.1 Å². The van der Waals surface area contributed by atoms with Crippen LogP contribution in [0.4, 0.5) is 8.78 Å². The number of hydrogen-bond donors (Lipinski definition) is 0. The predicted octanol–water partition coefficient (Wildman–Crippen LogP) is 5.22. The summed E-state index contributed by atoms with van der Waals surface area (Å²) in [5.41, 5.74) is 1.75. The lowest BCUT2D eigenvalue weighted by molar-refractivity contribution is 0.0984. The van der Waals surface area contributed by atoms with E-state index in [-0.39, 0.29) is 16.8 Å². The molecular formula is C19H15ClF2N2O2. The van der Waals surface area contributed by atoms with E-state index in [1.807, 2.05) is 0 Å². The molecule has 0 spiro atoms. The van der Waals surface area contributed by atoms with Crippen LogP contribution < -0.4 is 0 Å². The average molecular weight is 377 g/mol. The maximum atomic E-state index is 13.8. The minimum absolute atomic E-state index is 0.0600. The number of halogens is 3. The van der Waals surface area contributed by atoms with Crippen molar-refractivity contribution < 1.29 is 18.0 Å². The number of benzene rings is 2. The molecule has 134 valence electrons. The van der Waals surface area contributed by atoms with Crippen molar-refractivity contribution in [3.8, 4) is 11.4 Å². The van der Waals surface area contributed by atoms with E-state index in [2.05, 4.69) is 10.1 Å². The molecule has 0 radical (unpaired) electrons. The largest absolute Gasteiger partial charge is 0.373 e. The van der Waals surface area contributed by atoms with Crippen molar-refractivity contribution in [2.45, 2.75) is 25.4 Å². The third-order valence-corrected chi connectivity index (χ3v) is 4.86. The second-order valence-corrected chi connectivity index (χ2v) is 6.69. The van der Waals surface area contributed by atoms with E-state index in [1.165, 1.54) is 18.2 Å². The summed E-state index contributed by atoms with van der Waals surface area (Å²) in [5, 5.41) is 4.02. The Labute approximate surface area is 153 Å². The predicted molar refractivity (Wildman–Crippen MR) is 91.9 cm³/mol. The summed E-state index contributed by atoms with van der Waals surface area (Å²) in [6, 6.07) is 9.36. The first kappa shape index (κ1) is 17.1. The van der Waals surface area contributed by atoms with Crippen molar-refractivity contribution in [1.82, 2.24) is 10.1 Å². The first-order valence-electron chi connectivity index (χ1n) is 8.19. The SMILES string of the molecule is Cc1ccc(-c2noc([C@H]3CCO[C@H]3c3ccc(Cl)c(F)c3)n2)cc1F. The van der Waals surface area contributed by atoms with Crippen LogP contribution in [0.3, 0.4) is 0 Å². The van der Waals surface area contributed by atoms with E-state index in [0.29, 0.717) is 41.4 Å². The van der Waals surface area contributed by atoms with Crippen LogP contribution in [0.1, 0.15) is 35.5 Å². The van der Waals surface area contributed by atoms with Gasteiger partial charge in [-0.1, -0.05) is 35.0 Å². The molecule has 1 aromatic heterocycles. The topological polar surface area (TPSA) is 48.2 Å². The lowest BCUT2D eigenvalue weighted by Crippen LogP contribution is -2.07. The normalized spacial score (nSPS) is 19.8. The van der Waals surface area contributed by atoms with Crippen molar-refractivity contribution >= 4 is 11.6 Å². The zero-order chi connectivity index (χ0) is 18.3. The Morgan fingerprint density at radius 1 is 1.12 bits per heavy atom. The van der Waals surface area contributed by atoms with Crippen LogP contribution in [0.25, 0.3) is 11.4 Å². The second-order valence-electron chi connectivity index (χ2n) is 6.28. The second kappa shape index (κ2) is 6.78. The van der Waals surface area contributed by atoms with Crippen LogP contribution in [0.2, 0.25) is 5.02 Å². The molecule has 3 aromatic rings. The molecule has 0 amide bonds. The zero-order valence-electron chi connectivity index (χ0n) is 13.9. The van der Waals surface area contributed by atoms with Gasteiger partial charge in [-0.25, -0.2) is 8.78 Å². The van der Waals surface area contributed by atoms with Gasteiger partial charge in [-0.3, -0.25) is 0 Å². The molecule has 0 aliphatic carbocycles. The van der Waals surface area contributed by atoms with Crippen molar-refractivity contribution in [3.05, 3.63) is 70.1 Å². The molecule has 4 nitrogen and oxygen atoms in total. The molecule has 1 fully saturated rings. The van der Waals surface area contributed by atoms with Crippen LogP contribution in [-0.4, -0.2) is 16.7 Å². The van der Waals surface area contributed by atoms with Gasteiger partial charge in [-0.05, 0) is 42.7 Å². The van der Waals surface area contributed by atoms with Crippen molar-refractivity contribution in [2.24, 2.45) is 0 Å². The molecule has 0 unspecified atom stereocenters. The molecule has 2 heterocycles. The molecular weight excluding hydrogens is 362 g/mol. The summed E-state index contributed by atoms with van der Waals surface area (Å²) in [6.07, 6.45) is 0.267. The number of hydrogen-bond acceptors (Lipinski definition) is 4. The van der Waals surface area contributed by atoms with Gasteiger partial charge in [0.05, 0.1) is 17.0 Å². The molecule has 1 aliphatic rings. The lowest BCUT2D eigenvalue weighted by Gasteiger charge is -2.16. The Bertz CT molecular complexity index is 960. The summed E-state index contributed by atoms with van der Waals surface area (Å²) < 4.78 is 38.7. The van der Waals surface area contributed by atoms with Crippen molar-refractivity contribution in [2.75, 3.05) is 6.61 Å². The monoisotopic (exact) mass is 376 g/mol. The number of aryl methyl sites for hydroxylation is 1. The minimum atomic E-state index is -0.500. The molecule has 4 rings (SSSR count). The van der Waals surface area contributed by atoms with Gasteiger partial charge in [0.1, 0.15) is 11.6 Å². The fourth-order valence-corrected chi connectivity index (χ4v) is 3.21. The standard InChI is InChI=1S/C19H15ClF2N2O2/c1-10-2-3-12(9-15(10)21)18-23-19(26-24-18)13-6-7-25-17(13)11-4-5-14(20)16(22)8-11/h2-5,8-9,13,17H,6-7H2,1H3/t13-,17-/m0/s1. The van der Waals surface area contributed by atoms with E-state index < -0.39 is 11.9 Å². The van der Waals surface area contributed by atoms with Crippen LogP contribution in [0, 0.1) is 18.6 Å². The highest BCUT2D eigenvalue weighted by molar-refractivity contribution is 6.30. The Morgan fingerprint density at radius 3 is 2.73 bits per heavy atom. The van der Waals surface area contributed by atoms with Crippen LogP contribution in [0.15, 0.2) is 40.9 Å². The number of aromatic nitrogens is 2. The molecule has 1 aliphatic heterocycles. The third kappa shape index (κ3) is 3.10. The van der Waals surface area contributed by atoms with Crippen molar-refractivity contribution in [3.63, 3.8) is 0 Å². The quantitative estimate of drug-likeness (QED) is 0.628. The molecule has 7 heteroatoms. The van der Waals surface area contributed by atoms with Crippen LogP contribution in [-0.2, 0) is 4.74 Å². The highest BCUT2D eigenvalue weighted by atomic mass is 35.5. The third-order valence-electron chi connectivity index (χ3n) is 4.55. The van der Waals surface area contributed by atoms with E-state index in [4.69, 9.17) is 20.9 Å². The smallest absolute Gasteiger partial charge is 0.233 e. The number of ether oxygens (including phenoxy) is 1. The molecule has 2 aromatic carbocycles. The van der Waals surface area contributed by atoms with Gasteiger partial charge in [-0.2, -0.15) is 4.98 Å². The van der Waals surface area contributed by atoms with Gasteiger partial charge >= 0.3 is 0 Å². The van der Waals surface area contributed by atoms with Gasteiger partial charge in [0.25, 0.3) is 0 Å². The number of nitrogens with zero attached hydrogens (tertiary/aromatic N) is 2. The molecule has 26 heavy (non-hydrogen) atoms. The Morgan fingerprint density at radius 2 is 1.96 bits per heavy atom.